The van der Waals surface area contributed by atoms with Gasteiger partial charge in [0, 0.05) is 11.6 Å². The minimum atomic E-state index is -0.907. The summed E-state index contributed by atoms with van der Waals surface area (Å²) in [6.07, 6.45) is 1.72. The lowest BCUT2D eigenvalue weighted by Gasteiger charge is -2.03. The van der Waals surface area contributed by atoms with E-state index in [-0.39, 0.29) is 6.04 Å². The third-order valence-electron chi connectivity index (χ3n) is 2.71. The zero-order valence-corrected chi connectivity index (χ0v) is 9.99. The second-order valence-corrected chi connectivity index (χ2v) is 4.14. The van der Waals surface area contributed by atoms with E-state index in [1.165, 1.54) is 6.07 Å². The fourth-order valence-electron chi connectivity index (χ4n) is 1.71. The maximum Gasteiger partial charge on any atom is 0.159 e. The molecular formula is C13H14F2N2O. The predicted molar refractivity (Wildman–Crippen MR) is 63.7 cm³/mol. The van der Waals surface area contributed by atoms with E-state index in [0.29, 0.717) is 17.0 Å². The quantitative estimate of drug-likeness (QED) is 0.907. The van der Waals surface area contributed by atoms with Gasteiger partial charge in [-0.05, 0) is 24.6 Å². The smallest absolute Gasteiger partial charge is 0.159 e. The van der Waals surface area contributed by atoms with Gasteiger partial charge in [0.1, 0.15) is 5.69 Å². The average Bonchev–Trinajstić information content (AvgIpc) is 2.82. The first-order chi connectivity index (χ1) is 8.61. The summed E-state index contributed by atoms with van der Waals surface area (Å²) in [5.41, 5.74) is 6.80. The van der Waals surface area contributed by atoms with Crippen LogP contribution in [0.15, 0.2) is 28.8 Å². The van der Waals surface area contributed by atoms with E-state index in [1.807, 2.05) is 6.92 Å². The lowest BCUT2D eigenvalue weighted by molar-refractivity contribution is 0.356. The Morgan fingerprint density at radius 3 is 2.72 bits per heavy atom. The van der Waals surface area contributed by atoms with Crippen LogP contribution in [0.3, 0.4) is 0 Å². The minimum Gasteiger partial charge on any atom is -0.359 e. The zero-order chi connectivity index (χ0) is 13.1. The second kappa shape index (κ2) is 5.27. The van der Waals surface area contributed by atoms with Gasteiger partial charge in [-0.25, -0.2) is 8.78 Å². The molecule has 2 rings (SSSR count). The van der Waals surface area contributed by atoms with Crippen molar-refractivity contribution in [2.45, 2.75) is 25.8 Å². The van der Waals surface area contributed by atoms with E-state index in [0.717, 1.165) is 25.0 Å². The highest BCUT2D eigenvalue weighted by atomic mass is 19.2. The molecule has 0 aliphatic rings. The predicted octanol–water partition coefficient (Wildman–Crippen LogP) is 3.42. The first kappa shape index (κ1) is 12.7. The van der Waals surface area contributed by atoms with Gasteiger partial charge in [0.2, 0.25) is 0 Å². The number of nitrogens with zero attached hydrogens (tertiary/aromatic N) is 1. The van der Waals surface area contributed by atoms with Gasteiger partial charge in [0.05, 0.1) is 6.04 Å². The molecule has 0 amide bonds. The van der Waals surface area contributed by atoms with Gasteiger partial charge in [0.15, 0.2) is 17.4 Å². The molecule has 1 unspecified atom stereocenters. The maximum absolute atomic E-state index is 13.1. The summed E-state index contributed by atoms with van der Waals surface area (Å²) in [6, 6.07) is 5.03. The van der Waals surface area contributed by atoms with Crippen molar-refractivity contribution >= 4 is 0 Å². The molecule has 1 aromatic heterocycles. The van der Waals surface area contributed by atoms with Crippen LogP contribution in [0.1, 0.15) is 31.6 Å². The highest BCUT2D eigenvalue weighted by Crippen LogP contribution is 2.24. The molecule has 0 radical (unpaired) electrons. The van der Waals surface area contributed by atoms with Crippen LogP contribution in [0.4, 0.5) is 8.78 Å². The van der Waals surface area contributed by atoms with Gasteiger partial charge in [-0.15, -0.1) is 0 Å². The summed E-state index contributed by atoms with van der Waals surface area (Å²) in [7, 11) is 0. The van der Waals surface area contributed by atoms with E-state index in [2.05, 4.69) is 5.16 Å². The fraction of sp³-hybridized carbons (Fsp3) is 0.308. The minimum absolute atomic E-state index is 0.221. The van der Waals surface area contributed by atoms with Gasteiger partial charge in [-0.3, -0.25) is 0 Å². The van der Waals surface area contributed by atoms with Crippen LogP contribution >= 0.6 is 0 Å². The second-order valence-electron chi connectivity index (χ2n) is 4.14. The van der Waals surface area contributed by atoms with Crippen molar-refractivity contribution in [3.05, 3.63) is 41.7 Å². The van der Waals surface area contributed by atoms with Gasteiger partial charge in [-0.1, -0.05) is 18.5 Å². The van der Waals surface area contributed by atoms with Crippen LogP contribution in [0.2, 0.25) is 0 Å². The molecule has 0 saturated heterocycles. The molecule has 0 aliphatic carbocycles. The first-order valence-corrected chi connectivity index (χ1v) is 5.79. The van der Waals surface area contributed by atoms with Crippen molar-refractivity contribution in [3.8, 4) is 11.3 Å². The number of halogens is 2. The molecule has 1 heterocycles. The van der Waals surface area contributed by atoms with E-state index in [9.17, 15) is 8.78 Å². The molecule has 2 aromatic rings. The fourth-order valence-corrected chi connectivity index (χ4v) is 1.71. The van der Waals surface area contributed by atoms with E-state index < -0.39 is 11.6 Å². The molecular weight excluding hydrogens is 238 g/mol. The molecule has 18 heavy (non-hydrogen) atoms. The van der Waals surface area contributed by atoms with Crippen LogP contribution in [0.5, 0.6) is 0 Å². The molecule has 1 atom stereocenters. The molecule has 96 valence electrons. The Hall–Kier alpha value is -1.75. The van der Waals surface area contributed by atoms with Crippen LogP contribution in [-0.2, 0) is 0 Å². The lowest BCUT2D eigenvalue weighted by Crippen LogP contribution is -2.08. The number of nitrogens with two attached hydrogens (primary N) is 1. The summed E-state index contributed by atoms with van der Waals surface area (Å²) in [4.78, 5) is 0. The van der Waals surface area contributed by atoms with Gasteiger partial charge in [0.25, 0.3) is 0 Å². The standard InChI is InChI=1S/C13H14F2N2O/c1-2-3-11(16)13-7-12(17-18-13)8-4-5-9(14)10(15)6-8/h4-7,11H,2-3,16H2,1H3. The molecule has 0 spiro atoms. The van der Waals surface area contributed by atoms with Gasteiger partial charge in [-0.2, -0.15) is 0 Å². The third kappa shape index (κ3) is 2.56. The highest BCUT2D eigenvalue weighted by Gasteiger charge is 2.14. The van der Waals surface area contributed by atoms with E-state index in [1.54, 1.807) is 6.07 Å². The molecule has 2 N–H and O–H groups in total. The normalized spacial score (nSPS) is 12.7. The molecule has 0 aliphatic heterocycles. The largest absolute Gasteiger partial charge is 0.359 e. The molecule has 0 bridgehead atoms. The average molecular weight is 252 g/mol. The van der Waals surface area contributed by atoms with Crippen molar-refractivity contribution < 1.29 is 13.3 Å². The SMILES string of the molecule is CCCC(N)c1cc(-c2ccc(F)c(F)c2)no1. The van der Waals surface area contributed by atoms with Crippen molar-refractivity contribution in [1.82, 2.24) is 5.16 Å². The van der Waals surface area contributed by atoms with Gasteiger partial charge < -0.3 is 10.3 Å². The Labute approximate surface area is 104 Å². The number of hydrogen-bond acceptors (Lipinski definition) is 3. The number of rotatable bonds is 4. The number of aromatic nitrogens is 1. The Morgan fingerprint density at radius 2 is 2.06 bits per heavy atom. The topological polar surface area (TPSA) is 52.0 Å². The Bertz CT molecular complexity index is 540. The summed E-state index contributed by atoms with van der Waals surface area (Å²) < 4.78 is 31.0. The van der Waals surface area contributed by atoms with Crippen molar-refractivity contribution in [2.24, 2.45) is 5.73 Å². The maximum atomic E-state index is 13.1. The Balaban J connectivity index is 2.26. The highest BCUT2D eigenvalue weighted by molar-refractivity contribution is 5.58. The summed E-state index contributed by atoms with van der Waals surface area (Å²) in [6.45, 7) is 2.02. The van der Waals surface area contributed by atoms with Crippen molar-refractivity contribution in [3.63, 3.8) is 0 Å². The van der Waals surface area contributed by atoms with Crippen LogP contribution < -0.4 is 5.73 Å². The lowest BCUT2D eigenvalue weighted by atomic mass is 10.1. The number of hydrogen-bond donors (Lipinski definition) is 1. The van der Waals surface area contributed by atoms with E-state index in [4.69, 9.17) is 10.3 Å². The summed E-state index contributed by atoms with van der Waals surface area (Å²) in [5, 5.41) is 3.82. The molecule has 5 heteroatoms. The van der Waals surface area contributed by atoms with Crippen molar-refractivity contribution in [1.29, 1.82) is 0 Å². The summed E-state index contributed by atoms with van der Waals surface area (Å²) in [5.74, 6) is -1.24. The molecule has 0 fully saturated rings. The number of benzene rings is 1. The third-order valence-corrected chi connectivity index (χ3v) is 2.71. The van der Waals surface area contributed by atoms with Gasteiger partial charge >= 0.3 is 0 Å². The zero-order valence-electron chi connectivity index (χ0n) is 9.99. The summed E-state index contributed by atoms with van der Waals surface area (Å²) >= 11 is 0. The van der Waals surface area contributed by atoms with Crippen LogP contribution in [0, 0.1) is 11.6 Å². The van der Waals surface area contributed by atoms with Crippen LogP contribution in [0.25, 0.3) is 11.3 Å². The van der Waals surface area contributed by atoms with Crippen molar-refractivity contribution in [2.75, 3.05) is 0 Å². The molecule has 3 nitrogen and oxygen atoms in total. The molecule has 1 aromatic carbocycles. The first-order valence-electron chi connectivity index (χ1n) is 5.79. The van der Waals surface area contributed by atoms with Crippen LogP contribution in [-0.4, -0.2) is 5.16 Å². The molecule has 0 saturated carbocycles. The monoisotopic (exact) mass is 252 g/mol. The van der Waals surface area contributed by atoms with E-state index >= 15 is 0 Å². The Kier molecular flexibility index (Phi) is 3.72. The Morgan fingerprint density at radius 1 is 1.28 bits per heavy atom.